The molecule has 2 aromatic heterocycles. The maximum Gasteiger partial charge on any atom is 0.251 e. The summed E-state index contributed by atoms with van der Waals surface area (Å²) >= 11 is 1.17. The van der Waals surface area contributed by atoms with Gasteiger partial charge in [-0.25, -0.2) is 18.4 Å². The molecule has 180 valence electrons. The van der Waals surface area contributed by atoms with Crippen molar-refractivity contribution in [2.24, 2.45) is 0 Å². The van der Waals surface area contributed by atoms with Crippen LogP contribution in [0.5, 0.6) is 0 Å². The molecule has 0 radical (unpaired) electrons. The van der Waals surface area contributed by atoms with Crippen LogP contribution in [0.15, 0.2) is 29.3 Å². The number of thiazole rings is 1. The van der Waals surface area contributed by atoms with Crippen LogP contribution in [0.1, 0.15) is 78.0 Å². The molecule has 35 heavy (non-hydrogen) atoms. The zero-order valence-corrected chi connectivity index (χ0v) is 21.2. The number of carbonyl (C=O) groups excluding carboxylic acids is 1. The Hall–Kier alpha value is -3.61. The Morgan fingerprint density at radius 2 is 2.00 bits per heavy atom. The minimum absolute atomic E-state index is 0.0397. The molecule has 4 rings (SSSR count). The number of sulfone groups is 1. The molecule has 0 bridgehead atoms. The Kier molecular flexibility index (Phi) is 6.21. The zero-order chi connectivity index (χ0) is 25.5. The number of nitrogens with one attached hydrogen (secondary N) is 1. The van der Waals surface area contributed by atoms with Gasteiger partial charge in [0.2, 0.25) is 5.13 Å². The molecule has 1 amide bonds. The molecular weight excluding hydrogens is 486 g/mol. The van der Waals surface area contributed by atoms with E-state index in [1.54, 1.807) is 25.5 Å². The fourth-order valence-corrected chi connectivity index (χ4v) is 4.76. The van der Waals surface area contributed by atoms with Gasteiger partial charge in [-0.2, -0.15) is 15.2 Å². The van der Waals surface area contributed by atoms with Crippen molar-refractivity contribution in [2.75, 3.05) is 6.26 Å². The molecule has 1 aliphatic rings. The lowest BCUT2D eigenvalue weighted by molar-refractivity contribution is 0.0937. The van der Waals surface area contributed by atoms with Crippen molar-refractivity contribution < 1.29 is 13.2 Å². The van der Waals surface area contributed by atoms with Crippen molar-refractivity contribution in [1.29, 1.82) is 10.5 Å². The van der Waals surface area contributed by atoms with Gasteiger partial charge < -0.3 is 5.32 Å². The summed E-state index contributed by atoms with van der Waals surface area (Å²) in [6.45, 7) is 5.06. The van der Waals surface area contributed by atoms with Crippen molar-refractivity contribution >= 4 is 27.1 Å². The Morgan fingerprint density at radius 3 is 2.57 bits per heavy atom. The molecule has 12 heteroatoms. The molecule has 10 nitrogen and oxygen atoms in total. The van der Waals surface area contributed by atoms with Crippen LogP contribution in [0.2, 0.25) is 0 Å². The number of carbonyl (C=O) groups is 1. The van der Waals surface area contributed by atoms with Gasteiger partial charge in [0.05, 0.1) is 28.6 Å². The summed E-state index contributed by atoms with van der Waals surface area (Å²) in [5.74, 6) is 0.857. The Bertz CT molecular complexity index is 1500. The number of aromatic nitrogens is 4. The van der Waals surface area contributed by atoms with Crippen LogP contribution in [0.25, 0.3) is 5.13 Å². The van der Waals surface area contributed by atoms with Gasteiger partial charge in [-0.3, -0.25) is 4.79 Å². The van der Waals surface area contributed by atoms with Gasteiger partial charge in [-0.1, -0.05) is 11.3 Å². The minimum atomic E-state index is -3.62. The molecular formula is C23H23N7O3S2. The smallest absolute Gasteiger partial charge is 0.251 e. The first kappa shape index (κ1) is 24.5. The number of hydrogen-bond acceptors (Lipinski definition) is 9. The Labute approximate surface area is 207 Å². The van der Waals surface area contributed by atoms with E-state index < -0.39 is 27.2 Å². The summed E-state index contributed by atoms with van der Waals surface area (Å²) in [6.07, 6.45) is 4.49. The van der Waals surface area contributed by atoms with Gasteiger partial charge in [0.15, 0.2) is 21.5 Å². The quantitative estimate of drug-likeness (QED) is 0.509. The molecule has 0 spiro atoms. The van der Waals surface area contributed by atoms with Crippen LogP contribution in [0.4, 0.5) is 0 Å². The largest absolute Gasteiger partial charge is 0.342 e. The van der Waals surface area contributed by atoms with Gasteiger partial charge in [0.1, 0.15) is 10.9 Å². The molecule has 1 saturated carbocycles. The summed E-state index contributed by atoms with van der Waals surface area (Å²) in [6, 6.07) is 7.84. The number of amides is 1. The number of rotatable bonds is 7. The third kappa shape index (κ3) is 5.09. The Balaban J connectivity index is 1.69. The first-order valence-electron chi connectivity index (χ1n) is 10.8. The SMILES string of the molecule is C[C@H](NC(=O)c1cc(C(C)(C)C#N)cc(S(C)(=O)=O)c1)c1nc(C2CC2)nn1-c1ncc(C#N)s1. The van der Waals surface area contributed by atoms with Crippen LogP contribution in [-0.2, 0) is 15.3 Å². The van der Waals surface area contributed by atoms with Gasteiger partial charge >= 0.3 is 0 Å². The average molecular weight is 510 g/mol. The number of nitriles is 2. The first-order chi connectivity index (χ1) is 16.4. The third-order valence-corrected chi connectivity index (χ3v) is 7.68. The first-order valence-corrected chi connectivity index (χ1v) is 13.5. The number of benzene rings is 1. The van der Waals surface area contributed by atoms with Crippen molar-refractivity contribution in [2.45, 2.75) is 55.9 Å². The normalized spacial score (nSPS) is 14.7. The molecule has 3 aromatic rings. The highest BCUT2D eigenvalue weighted by atomic mass is 32.2. The number of nitrogens with zero attached hydrogens (tertiary/aromatic N) is 6. The second kappa shape index (κ2) is 8.87. The van der Waals surface area contributed by atoms with Crippen LogP contribution in [0.3, 0.4) is 0 Å². The molecule has 1 fully saturated rings. The van der Waals surface area contributed by atoms with E-state index in [0.29, 0.717) is 27.2 Å². The summed E-state index contributed by atoms with van der Waals surface area (Å²) in [7, 11) is -3.62. The third-order valence-electron chi connectivity index (χ3n) is 5.71. The van der Waals surface area contributed by atoms with E-state index in [-0.39, 0.29) is 16.4 Å². The maximum absolute atomic E-state index is 13.2. The molecule has 1 atom stereocenters. The second-order valence-corrected chi connectivity index (χ2v) is 12.1. The molecule has 0 saturated heterocycles. The van der Waals surface area contributed by atoms with E-state index in [1.165, 1.54) is 35.7 Å². The van der Waals surface area contributed by atoms with Gasteiger partial charge in [0, 0.05) is 17.7 Å². The highest BCUT2D eigenvalue weighted by Gasteiger charge is 2.31. The summed E-state index contributed by atoms with van der Waals surface area (Å²) in [5.41, 5.74) is -0.455. The Morgan fingerprint density at radius 1 is 1.29 bits per heavy atom. The fraction of sp³-hybridized carbons (Fsp3) is 0.391. The summed E-state index contributed by atoms with van der Waals surface area (Å²) in [4.78, 5) is 22.5. The summed E-state index contributed by atoms with van der Waals surface area (Å²) in [5, 5.41) is 26.6. The van der Waals surface area contributed by atoms with Gasteiger partial charge in [-0.15, -0.1) is 5.10 Å². The lowest BCUT2D eigenvalue weighted by Crippen LogP contribution is -2.29. The molecule has 0 aliphatic heterocycles. The van der Waals surface area contributed by atoms with E-state index in [4.69, 9.17) is 5.26 Å². The van der Waals surface area contributed by atoms with Crippen molar-refractivity contribution in [3.63, 3.8) is 0 Å². The van der Waals surface area contributed by atoms with Crippen molar-refractivity contribution in [3.8, 4) is 17.3 Å². The van der Waals surface area contributed by atoms with Gasteiger partial charge in [0.25, 0.3) is 5.91 Å². The zero-order valence-electron chi connectivity index (χ0n) is 19.6. The molecule has 1 N–H and O–H groups in total. The van der Waals surface area contributed by atoms with Gasteiger partial charge in [-0.05, 0) is 57.4 Å². The van der Waals surface area contributed by atoms with Crippen LogP contribution in [-0.4, -0.2) is 40.3 Å². The average Bonchev–Trinajstić information content (AvgIpc) is 3.38. The lowest BCUT2D eigenvalue weighted by atomic mass is 9.85. The van der Waals surface area contributed by atoms with E-state index in [0.717, 1.165) is 19.1 Å². The lowest BCUT2D eigenvalue weighted by Gasteiger charge is -2.19. The van der Waals surface area contributed by atoms with E-state index >= 15 is 0 Å². The van der Waals surface area contributed by atoms with Crippen molar-refractivity contribution in [3.05, 3.63) is 52.0 Å². The molecule has 2 heterocycles. The minimum Gasteiger partial charge on any atom is -0.342 e. The van der Waals surface area contributed by atoms with Crippen LogP contribution >= 0.6 is 11.3 Å². The molecule has 1 aliphatic carbocycles. The predicted molar refractivity (Wildman–Crippen MR) is 128 cm³/mol. The maximum atomic E-state index is 13.2. The second-order valence-electron chi connectivity index (χ2n) is 9.08. The van der Waals surface area contributed by atoms with E-state index in [1.807, 2.05) is 0 Å². The monoisotopic (exact) mass is 509 g/mol. The fourth-order valence-electron chi connectivity index (χ4n) is 3.40. The summed E-state index contributed by atoms with van der Waals surface area (Å²) < 4.78 is 26.1. The van der Waals surface area contributed by atoms with E-state index in [2.05, 4.69) is 32.5 Å². The van der Waals surface area contributed by atoms with Crippen molar-refractivity contribution in [1.82, 2.24) is 25.1 Å². The molecule has 1 aromatic carbocycles. The highest BCUT2D eigenvalue weighted by Crippen LogP contribution is 2.39. The predicted octanol–water partition coefficient (Wildman–Crippen LogP) is 3.17. The standard InChI is InChI=1S/C23H23N7O3S2/c1-13(20-28-19(14-5-6-14)29-30(20)22-26-11-17(10-24)34-22)27-21(31)15-7-16(23(2,3)12-25)9-18(8-15)35(4,32)33/h7-9,11,13-14H,5-6H2,1-4H3,(H,27,31)/t13-/m0/s1. The van der Waals surface area contributed by atoms with Crippen LogP contribution < -0.4 is 5.32 Å². The van der Waals surface area contributed by atoms with E-state index in [9.17, 15) is 18.5 Å². The highest BCUT2D eigenvalue weighted by molar-refractivity contribution is 7.90. The number of hydrogen-bond donors (Lipinski definition) is 1. The van der Waals surface area contributed by atoms with Crippen LogP contribution in [0, 0.1) is 22.7 Å². The topological polar surface area (TPSA) is 154 Å². The molecule has 0 unspecified atom stereocenters.